The highest BCUT2D eigenvalue weighted by atomic mass is 19.3. The van der Waals surface area contributed by atoms with Gasteiger partial charge in [-0.05, 0) is 19.1 Å². The molecule has 0 unspecified atom stereocenters. The van der Waals surface area contributed by atoms with E-state index in [4.69, 9.17) is 0 Å². The third-order valence-electron chi connectivity index (χ3n) is 2.24. The number of benzene rings is 1. The molecule has 1 aromatic carbocycles. The quantitative estimate of drug-likeness (QED) is 0.470. The van der Waals surface area contributed by atoms with Crippen molar-refractivity contribution < 1.29 is 32.2 Å². The molecular formula is C12H11F3O4. The normalized spacial score (nSPS) is 11.0. The summed E-state index contributed by atoms with van der Waals surface area (Å²) in [5.41, 5.74) is -0.983. The van der Waals surface area contributed by atoms with Crippen LogP contribution in [0.2, 0.25) is 0 Å². The molecule has 0 saturated heterocycles. The lowest BCUT2D eigenvalue weighted by molar-refractivity contribution is -0.164. The lowest BCUT2D eigenvalue weighted by Crippen LogP contribution is -2.40. The molecule has 0 bridgehead atoms. The second-order valence-corrected chi connectivity index (χ2v) is 3.44. The molecule has 19 heavy (non-hydrogen) atoms. The monoisotopic (exact) mass is 276 g/mol. The number of ether oxygens (including phenoxy) is 2. The number of carbonyl (C=O) groups is 2. The average molecular weight is 276 g/mol. The van der Waals surface area contributed by atoms with Crippen molar-refractivity contribution in [2.45, 2.75) is 12.8 Å². The third kappa shape index (κ3) is 2.86. The summed E-state index contributed by atoms with van der Waals surface area (Å²) in [7, 11) is 1.09. The van der Waals surface area contributed by atoms with Crippen LogP contribution in [-0.2, 0) is 9.53 Å². The Morgan fingerprint density at radius 2 is 1.95 bits per heavy atom. The van der Waals surface area contributed by atoms with Crippen molar-refractivity contribution >= 4 is 11.8 Å². The van der Waals surface area contributed by atoms with Crippen LogP contribution in [0.4, 0.5) is 13.2 Å². The average Bonchev–Trinajstić information content (AvgIpc) is 2.37. The van der Waals surface area contributed by atoms with Gasteiger partial charge in [0.1, 0.15) is 17.1 Å². The van der Waals surface area contributed by atoms with Gasteiger partial charge in [0.2, 0.25) is 5.78 Å². The van der Waals surface area contributed by atoms with Crippen LogP contribution < -0.4 is 4.74 Å². The number of Topliss-reactive ketones (excluding diaryl/α,β-unsaturated/α-hetero) is 1. The van der Waals surface area contributed by atoms with Crippen LogP contribution in [0.1, 0.15) is 17.3 Å². The summed E-state index contributed by atoms with van der Waals surface area (Å²) < 4.78 is 49.3. The molecule has 0 amide bonds. The molecule has 7 heteroatoms. The molecule has 0 heterocycles. The molecule has 0 aliphatic rings. The van der Waals surface area contributed by atoms with Crippen LogP contribution in [0.15, 0.2) is 18.2 Å². The largest absolute Gasteiger partial charge is 0.496 e. The van der Waals surface area contributed by atoms with Crippen molar-refractivity contribution in [3.63, 3.8) is 0 Å². The molecule has 4 nitrogen and oxygen atoms in total. The van der Waals surface area contributed by atoms with E-state index in [1.807, 2.05) is 0 Å². The molecule has 0 radical (unpaired) electrons. The van der Waals surface area contributed by atoms with Crippen LogP contribution in [0, 0.1) is 5.82 Å². The smallest absolute Gasteiger partial charge is 0.404 e. The number of alkyl halides is 2. The Labute approximate surface area is 107 Å². The van der Waals surface area contributed by atoms with Gasteiger partial charge in [-0.2, -0.15) is 8.78 Å². The Morgan fingerprint density at radius 3 is 2.47 bits per heavy atom. The van der Waals surface area contributed by atoms with E-state index in [-0.39, 0.29) is 12.4 Å². The lowest BCUT2D eigenvalue weighted by atomic mass is 10.0. The Balaban J connectivity index is 3.23. The van der Waals surface area contributed by atoms with E-state index in [0.717, 1.165) is 19.2 Å². The molecule has 1 rings (SSSR count). The van der Waals surface area contributed by atoms with E-state index in [9.17, 15) is 22.8 Å². The summed E-state index contributed by atoms with van der Waals surface area (Å²) in [6.45, 7) is 0.984. The minimum atomic E-state index is -4.47. The van der Waals surface area contributed by atoms with Crippen LogP contribution in [0.3, 0.4) is 0 Å². The van der Waals surface area contributed by atoms with E-state index < -0.39 is 29.1 Å². The standard InChI is InChI=1S/C12H11F3O4/c1-3-19-11(17)12(14,15)10(16)9-7(13)5-4-6-8(9)18-2/h4-6H,3H2,1-2H3. The van der Waals surface area contributed by atoms with Crippen molar-refractivity contribution in [1.82, 2.24) is 0 Å². The summed E-state index contributed by atoms with van der Waals surface area (Å²) in [6.07, 6.45) is 0. The summed E-state index contributed by atoms with van der Waals surface area (Å²) in [5.74, 6) is -10.1. The Hall–Kier alpha value is -2.05. The SMILES string of the molecule is CCOC(=O)C(F)(F)C(=O)c1c(F)cccc1OC. The lowest BCUT2D eigenvalue weighted by Gasteiger charge is -2.15. The zero-order valence-electron chi connectivity index (χ0n) is 10.2. The van der Waals surface area contributed by atoms with Crippen molar-refractivity contribution in [1.29, 1.82) is 0 Å². The van der Waals surface area contributed by atoms with Gasteiger partial charge in [0.25, 0.3) is 0 Å². The first-order valence-corrected chi connectivity index (χ1v) is 5.28. The van der Waals surface area contributed by atoms with E-state index in [2.05, 4.69) is 9.47 Å². The predicted molar refractivity (Wildman–Crippen MR) is 58.9 cm³/mol. The fourth-order valence-electron chi connectivity index (χ4n) is 1.37. The predicted octanol–water partition coefficient (Wildman–Crippen LogP) is 2.22. The van der Waals surface area contributed by atoms with Crippen molar-refractivity contribution in [3.05, 3.63) is 29.6 Å². The second-order valence-electron chi connectivity index (χ2n) is 3.44. The Morgan fingerprint density at radius 1 is 1.32 bits per heavy atom. The molecule has 0 aliphatic heterocycles. The third-order valence-corrected chi connectivity index (χ3v) is 2.24. The zero-order valence-corrected chi connectivity index (χ0v) is 10.2. The molecular weight excluding hydrogens is 265 g/mol. The number of methoxy groups -OCH3 is 1. The number of esters is 1. The van der Waals surface area contributed by atoms with Crippen molar-refractivity contribution in [3.8, 4) is 5.75 Å². The summed E-state index contributed by atoms with van der Waals surface area (Å²) in [5, 5.41) is 0. The number of halogens is 3. The van der Waals surface area contributed by atoms with Gasteiger partial charge in [-0.3, -0.25) is 4.79 Å². The van der Waals surface area contributed by atoms with Gasteiger partial charge < -0.3 is 9.47 Å². The first-order chi connectivity index (χ1) is 8.86. The maximum Gasteiger partial charge on any atom is 0.404 e. The Kier molecular flexibility index (Phi) is 4.52. The molecule has 0 N–H and O–H groups in total. The summed E-state index contributed by atoms with van der Waals surface area (Å²) in [6, 6.07) is 3.14. The summed E-state index contributed by atoms with van der Waals surface area (Å²) >= 11 is 0. The highest BCUT2D eigenvalue weighted by Gasteiger charge is 2.51. The molecule has 0 fully saturated rings. The zero-order chi connectivity index (χ0) is 14.6. The number of hydrogen-bond acceptors (Lipinski definition) is 4. The fourth-order valence-corrected chi connectivity index (χ4v) is 1.37. The van der Waals surface area contributed by atoms with E-state index in [1.165, 1.54) is 13.0 Å². The van der Waals surface area contributed by atoms with Crippen LogP contribution >= 0.6 is 0 Å². The van der Waals surface area contributed by atoms with Gasteiger partial charge in [0.05, 0.1) is 13.7 Å². The maximum absolute atomic E-state index is 13.5. The number of carbonyl (C=O) groups excluding carboxylic acids is 2. The highest BCUT2D eigenvalue weighted by molar-refractivity contribution is 6.15. The summed E-state index contributed by atoms with van der Waals surface area (Å²) in [4.78, 5) is 22.6. The molecule has 0 aliphatic carbocycles. The second kappa shape index (κ2) is 5.73. The number of rotatable bonds is 5. The molecule has 1 aromatic rings. The van der Waals surface area contributed by atoms with Gasteiger partial charge >= 0.3 is 11.9 Å². The number of hydrogen-bond donors (Lipinski definition) is 0. The molecule has 104 valence electrons. The van der Waals surface area contributed by atoms with E-state index >= 15 is 0 Å². The molecule has 0 saturated carbocycles. The van der Waals surface area contributed by atoms with Gasteiger partial charge in [-0.15, -0.1) is 0 Å². The van der Waals surface area contributed by atoms with Crippen molar-refractivity contribution in [2.24, 2.45) is 0 Å². The van der Waals surface area contributed by atoms with Gasteiger partial charge in [-0.1, -0.05) is 6.07 Å². The van der Waals surface area contributed by atoms with Crippen LogP contribution in [0.5, 0.6) is 5.75 Å². The topological polar surface area (TPSA) is 52.6 Å². The minimum Gasteiger partial charge on any atom is -0.496 e. The number of ketones is 1. The van der Waals surface area contributed by atoms with Crippen LogP contribution in [-0.4, -0.2) is 31.4 Å². The van der Waals surface area contributed by atoms with Crippen molar-refractivity contribution in [2.75, 3.05) is 13.7 Å². The molecule has 0 atom stereocenters. The van der Waals surface area contributed by atoms with E-state index in [0.29, 0.717) is 0 Å². The van der Waals surface area contributed by atoms with Gasteiger partial charge in [0.15, 0.2) is 0 Å². The minimum absolute atomic E-state index is 0.323. The van der Waals surface area contributed by atoms with Gasteiger partial charge in [-0.25, -0.2) is 9.18 Å². The fraction of sp³-hybridized carbons (Fsp3) is 0.333. The highest BCUT2D eigenvalue weighted by Crippen LogP contribution is 2.29. The molecule has 0 spiro atoms. The first-order valence-electron chi connectivity index (χ1n) is 5.28. The first kappa shape index (κ1) is 15.0. The van der Waals surface area contributed by atoms with Crippen LogP contribution in [0.25, 0.3) is 0 Å². The van der Waals surface area contributed by atoms with Gasteiger partial charge in [0, 0.05) is 0 Å². The Bertz CT molecular complexity index is 500. The molecule has 0 aromatic heterocycles. The maximum atomic E-state index is 13.5. The van der Waals surface area contributed by atoms with E-state index in [1.54, 1.807) is 0 Å².